The quantitative estimate of drug-likeness (QED) is 0.784. The fraction of sp³-hybridized carbons (Fsp3) is 0. The van der Waals surface area contributed by atoms with Crippen LogP contribution in [0.15, 0.2) is 54.9 Å². The van der Waals surface area contributed by atoms with Gasteiger partial charge in [-0.1, -0.05) is 11.3 Å². The summed E-state index contributed by atoms with van der Waals surface area (Å²) in [5, 5.41) is 16.9. The van der Waals surface area contributed by atoms with Crippen molar-refractivity contribution in [3.63, 3.8) is 0 Å². The summed E-state index contributed by atoms with van der Waals surface area (Å²) in [4.78, 5) is 15.0. The van der Waals surface area contributed by atoms with Crippen LogP contribution in [0.3, 0.4) is 0 Å². The Morgan fingerprint density at radius 1 is 1.05 bits per heavy atom. The van der Waals surface area contributed by atoms with Gasteiger partial charge in [0.25, 0.3) is 0 Å². The lowest BCUT2D eigenvalue weighted by Crippen LogP contribution is -1.98. The standard InChI is InChI=1S/C14H10N4O2/c19-14(20)10-4-6-11(7-5-10)18-9-13(16-17-18)12-3-1-2-8-15-12/h1-9H,(H,19,20). The zero-order valence-corrected chi connectivity index (χ0v) is 10.3. The molecular weight excluding hydrogens is 256 g/mol. The molecule has 0 bridgehead atoms. The van der Waals surface area contributed by atoms with Gasteiger partial charge >= 0.3 is 5.97 Å². The number of hydrogen-bond acceptors (Lipinski definition) is 4. The molecule has 3 rings (SSSR count). The number of nitrogens with zero attached hydrogens (tertiary/aromatic N) is 4. The zero-order chi connectivity index (χ0) is 13.9. The molecule has 0 saturated carbocycles. The van der Waals surface area contributed by atoms with Crippen molar-refractivity contribution in [2.75, 3.05) is 0 Å². The second-order valence-electron chi connectivity index (χ2n) is 4.12. The number of benzene rings is 1. The maximum Gasteiger partial charge on any atom is 0.335 e. The highest BCUT2D eigenvalue weighted by atomic mass is 16.4. The normalized spacial score (nSPS) is 10.4. The molecule has 3 aromatic rings. The molecule has 0 atom stereocenters. The number of aromatic nitrogens is 4. The van der Waals surface area contributed by atoms with E-state index >= 15 is 0 Å². The molecule has 0 radical (unpaired) electrons. The highest BCUT2D eigenvalue weighted by molar-refractivity contribution is 5.87. The lowest BCUT2D eigenvalue weighted by molar-refractivity contribution is 0.0697. The van der Waals surface area contributed by atoms with Crippen molar-refractivity contribution in [1.82, 2.24) is 20.0 Å². The average Bonchev–Trinajstić information content (AvgIpc) is 2.98. The van der Waals surface area contributed by atoms with Gasteiger partial charge < -0.3 is 5.11 Å². The first-order valence-corrected chi connectivity index (χ1v) is 5.91. The minimum atomic E-state index is -0.954. The van der Waals surface area contributed by atoms with Gasteiger partial charge in [0, 0.05) is 6.20 Å². The molecule has 2 heterocycles. The van der Waals surface area contributed by atoms with Gasteiger partial charge in [-0.05, 0) is 36.4 Å². The van der Waals surface area contributed by atoms with E-state index in [9.17, 15) is 4.79 Å². The van der Waals surface area contributed by atoms with Gasteiger partial charge in [-0.3, -0.25) is 4.98 Å². The first-order valence-electron chi connectivity index (χ1n) is 5.91. The highest BCUT2D eigenvalue weighted by Crippen LogP contribution is 2.15. The third-order valence-corrected chi connectivity index (χ3v) is 2.80. The van der Waals surface area contributed by atoms with Gasteiger partial charge in [0.05, 0.1) is 23.1 Å². The van der Waals surface area contributed by atoms with Crippen LogP contribution in [0.1, 0.15) is 10.4 Å². The Hall–Kier alpha value is -3.02. The van der Waals surface area contributed by atoms with Crippen molar-refractivity contribution in [2.45, 2.75) is 0 Å². The van der Waals surface area contributed by atoms with E-state index < -0.39 is 5.97 Å². The summed E-state index contributed by atoms with van der Waals surface area (Å²) in [5.74, 6) is -0.954. The number of carboxylic acid groups (broad SMARTS) is 1. The van der Waals surface area contributed by atoms with Gasteiger partial charge in [0.15, 0.2) is 0 Å². The van der Waals surface area contributed by atoms with Crippen molar-refractivity contribution in [1.29, 1.82) is 0 Å². The topological polar surface area (TPSA) is 80.9 Å². The van der Waals surface area contributed by atoms with Gasteiger partial charge in [-0.15, -0.1) is 5.10 Å². The maximum atomic E-state index is 10.8. The van der Waals surface area contributed by atoms with Crippen LogP contribution >= 0.6 is 0 Å². The second kappa shape index (κ2) is 4.93. The molecular formula is C14H10N4O2. The van der Waals surface area contributed by atoms with Crippen LogP contribution < -0.4 is 0 Å². The largest absolute Gasteiger partial charge is 0.478 e. The number of carbonyl (C=O) groups is 1. The summed E-state index contributed by atoms with van der Waals surface area (Å²) in [6.07, 6.45) is 3.44. The fourth-order valence-electron chi connectivity index (χ4n) is 1.78. The lowest BCUT2D eigenvalue weighted by atomic mass is 10.2. The number of hydrogen-bond donors (Lipinski definition) is 1. The summed E-state index contributed by atoms with van der Waals surface area (Å²) in [6, 6.07) is 12.0. The van der Waals surface area contributed by atoms with Crippen molar-refractivity contribution in [2.24, 2.45) is 0 Å². The first kappa shape index (κ1) is 12.0. The first-order chi connectivity index (χ1) is 9.74. The van der Waals surface area contributed by atoms with E-state index in [1.807, 2.05) is 18.2 Å². The third-order valence-electron chi connectivity index (χ3n) is 2.80. The molecule has 98 valence electrons. The molecule has 0 amide bonds. The molecule has 0 unspecified atom stereocenters. The summed E-state index contributed by atoms with van der Waals surface area (Å²) in [6.45, 7) is 0. The van der Waals surface area contributed by atoms with E-state index in [4.69, 9.17) is 5.11 Å². The molecule has 0 fully saturated rings. The van der Waals surface area contributed by atoms with E-state index in [1.54, 1.807) is 29.2 Å². The summed E-state index contributed by atoms with van der Waals surface area (Å²) >= 11 is 0. The number of rotatable bonds is 3. The Morgan fingerprint density at radius 3 is 2.50 bits per heavy atom. The van der Waals surface area contributed by atoms with Gasteiger partial charge in [-0.2, -0.15) is 0 Å². The van der Waals surface area contributed by atoms with Crippen LogP contribution in [-0.4, -0.2) is 31.1 Å². The fourth-order valence-corrected chi connectivity index (χ4v) is 1.78. The van der Waals surface area contributed by atoms with Crippen molar-refractivity contribution >= 4 is 5.97 Å². The Bertz CT molecular complexity index is 735. The van der Waals surface area contributed by atoms with Gasteiger partial charge in [0.1, 0.15) is 5.69 Å². The Balaban J connectivity index is 1.92. The van der Waals surface area contributed by atoms with Crippen LogP contribution in [0.2, 0.25) is 0 Å². The van der Waals surface area contributed by atoms with Gasteiger partial charge in [-0.25, -0.2) is 9.48 Å². The summed E-state index contributed by atoms with van der Waals surface area (Å²) < 4.78 is 1.58. The third kappa shape index (κ3) is 2.26. The molecule has 0 aliphatic heterocycles. The second-order valence-corrected chi connectivity index (χ2v) is 4.12. The monoisotopic (exact) mass is 266 g/mol. The van der Waals surface area contributed by atoms with Crippen molar-refractivity contribution in [3.8, 4) is 17.1 Å². The van der Waals surface area contributed by atoms with Crippen molar-refractivity contribution in [3.05, 3.63) is 60.4 Å². The van der Waals surface area contributed by atoms with Crippen LogP contribution in [-0.2, 0) is 0 Å². The predicted octanol–water partition coefficient (Wildman–Crippen LogP) is 2.03. The van der Waals surface area contributed by atoms with E-state index in [0.717, 1.165) is 11.4 Å². The SMILES string of the molecule is O=C(O)c1ccc(-n2cc(-c3ccccn3)nn2)cc1. The lowest BCUT2D eigenvalue weighted by Gasteiger charge is -2.00. The Morgan fingerprint density at radius 2 is 1.85 bits per heavy atom. The molecule has 0 saturated heterocycles. The summed E-state index contributed by atoms with van der Waals surface area (Å²) in [7, 11) is 0. The van der Waals surface area contributed by atoms with E-state index in [1.165, 1.54) is 12.1 Å². The van der Waals surface area contributed by atoms with Crippen molar-refractivity contribution < 1.29 is 9.90 Å². The highest BCUT2D eigenvalue weighted by Gasteiger charge is 2.07. The molecule has 0 aliphatic carbocycles. The maximum absolute atomic E-state index is 10.8. The number of carboxylic acids is 1. The molecule has 0 spiro atoms. The molecule has 1 N–H and O–H groups in total. The van der Waals surface area contributed by atoms with Crippen LogP contribution in [0.5, 0.6) is 0 Å². The molecule has 2 aromatic heterocycles. The van der Waals surface area contributed by atoms with Gasteiger partial charge in [0.2, 0.25) is 0 Å². The molecule has 6 heteroatoms. The Kier molecular flexibility index (Phi) is 2.96. The predicted molar refractivity (Wildman–Crippen MR) is 71.5 cm³/mol. The molecule has 1 aromatic carbocycles. The Labute approximate surface area is 114 Å². The molecule has 20 heavy (non-hydrogen) atoms. The number of aromatic carboxylic acids is 1. The van der Waals surface area contributed by atoms with E-state index in [2.05, 4.69) is 15.3 Å². The van der Waals surface area contributed by atoms with Crippen LogP contribution in [0, 0.1) is 0 Å². The zero-order valence-electron chi connectivity index (χ0n) is 10.3. The molecule has 6 nitrogen and oxygen atoms in total. The van der Waals surface area contributed by atoms with E-state index in [-0.39, 0.29) is 5.56 Å². The molecule has 0 aliphatic rings. The average molecular weight is 266 g/mol. The minimum Gasteiger partial charge on any atom is -0.478 e. The summed E-state index contributed by atoms with van der Waals surface area (Å²) in [5.41, 5.74) is 2.37. The van der Waals surface area contributed by atoms with Crippen LogP contribution in [0.4, 0.5) is 0 Å². The number of pyridine rings is 1. The minimum absolute atomic E-state index is 0.235. The van der Waals surface area contributed by atoms with E-state index in [0.29, 0.717) is 5.69 Å². The van der Waals surface area contributed by atoms with Crippen LogP contribution in [0.25, 0.3) is 17.1 Å². The smallest absolute Gasteiger partial charge is 0.335 e.